The lowest BCUT2D eigenvalue weighted by Crippen LogP contribution is -2.19. The number of halogens is 1. The van der Waals surface area contributed by atoms with Crippen LogP contribution in [0.25, 0.3) is 22.0 Å². The quantitative estimate of drug-likeness (QED) is 0.655. The third-order valence-electron chi connectivity index (χ3n) is 3.12. The SMILES string of the molecule is NC(=O)Nc1ccc(-c2cccc3[nH]ccc23)c(Cl)c1. The van der Waals surface area contributed by atoms with Crippen molar-refractivity contribution in [2.45, 2.75) is 0 Å². The van der Waals surface area contributed by atoms with E-state index in [-0.39, 0.29) is 0 Å². The van der Waals surface area contributed by atoms with Crippen LogP contribution in [0.2, 0.25) is 5.02 Å². The zero-order chi connectivity index (χ0) is 14.1. The highest BCUT2D eigenvalue weighted by atomic mass is 35.5. The predicted molar refractivity (Wildman–Crippen MR) is 82.0 cm³/mol. The van der Waals surface area contributed by atoms with E-state index in [1.165, 1.54) is 0 Å². The summed E-state index contributed by atoms with van der Waals surface area (Å²) in [4.78, 5) is 14.0. The molecule has 0 atom stereocenters. The third kappa shape index (κ3) is 2.21. The second-order valence-electron chi connectivity index (χ2n) is 4.43. The molecule has 100 valence electrons. The van der Waals surface area contributed by atoms with Crippen molar-refractivity contribution in [2.24, 2.45) is 5.73 Å². The van der Waals surface area contributed by atoms with Gasteiger partial charge < -0.3 is 16.0 Å². The maximum Gasteiger partial charge on any atom is 0.316 e. The zero-order valence-electron chi connectivity index (χ0n) is 10.5. The van der Waals surface area contributed by atoms with Crippen LogP contribution < -0.4 is 11.1 Å². The fourth-order valence-corrected chi connectivity index (χ4v) is 2.56. The first-order valence-corrected chi connectivity index (χ1v) is 6.45. The van der Waals surface area contributed by atoms with E-state index in [0.717, 1.165) is 22.0 Å². The van der Waals surface area contributed by atoms with Gasteiger partial charge in [-0.3, -0.25) is 0 Å². The van der Waals surface area contributed by atoms with Crippen LogP contribution in [0.1, 0.15) is 0 Å². The first-order valence-electron chi connectivity index (χ1n) is 6.07. The predicted octanol–water partition coefficient (Wildman–Crippen LogP) is 3.98. The smallest absolute Gasteiger partial charge is 0.316 e. The molecule has 3 aromatic rings. The maximum atomic E-state index is 10.8. The molecule has 0 spiro atoms. The van der Waals surface area contributed by atoms with Gasteiger partial charge in [-0.1, -0.05) is 29.8 Å². The molecule has 0 fully saturated rings. The number of nitrogens with one attached hydrogen (secondary N) is 2. The van der Waals surface area contributed by atoms with Crippen molar-refractivity contribution in [1.29, 1.82) is 0 Å². The molecule has 0 saturated heterocycles. The Bertz CT molecular complexity index is 795. The summed E-state index contributed by atoms with van der Waals surface area (Å²) in [5.41, 5.74) is 8.67. The molecule has 4 N–H and O–H groups in total. The number of nitrogens with two attached hydrogens (primary N) is 1. The topological polar surface area (TPSA) is 70.9 Å². The molecule has 4 nitrogen and oxygen atoms in total. The Morgan fingerprint density at radius 2 is 2.00 bits per heavy atom. The van der Waals surface area contributed by atoms with E-state index in [2.05, 4.69) is 10.3 Å². The summed E-state index contributed by atoms with van der Waals surface area (Å²) in [7, 11) is 0. The highest BCUT2D eigenvalue weighted by Crippen LogP contribution is 2.34. The number of amides is 2. The number of hydrogen-bond donors (Lipinski definition) is 3. The fourth-order valence-electron chi connectivity index (χ4n) is 2.27. The summed E-state index contributed by atoms with van der Waals surface area (Å²) >= 11 is 6.31. The Morgan fingerprint density at radius 1 is 1.15 bits per heavy atom. The molecule has 2 amide bonds. The normalized spacial score (nSPS) is 10.7. The Morgan fingerprint density at radius 3 is 2.75 bits per heavy atom. The van der Waals surface area contributed by atoms with Crippen LogP contribution in [0.4, 0.5) is 10.5 Å². The number of H-pyrrole nitrogens is 1. The second-order valence-corrected chi connectivity index (χ2v) is 4.84. The molecule has 0 bridgehead atoms. The molecule has 0 aliphatic rings. The Kier molecular flexibility index (Phi) is 3.08. The molecule has 2 aromatic carbocycles. The molecular weight excluding hydrogens is 274 g/mol. The molecule has 20 heavy (non-hydrogen) atoms. The number of benzene rings is 2. The minimum absolute atomic E-state index is 0.560. The van der Waals surface area contributed by atoms with Crippen molar-refractivity contribution < 1.29 is 4.79 Å². The summed E-state index contributed by atoms with van der Waals surface area (Å²) in [6, 6.07) is 12.7. The first kappa shape index (κ1) is 12.6. The van der Waals surface area contributed by atoms with Gasteiger partial charge >= 0.3 is 6.03 Å². The maximum absolute atomic E-state index is 10.8. The number of rotatable bonds is 2. The zero-order valence-corrected chi connectivity index (χ0v) is 11.2. The summed E-state index contributed by atoms with van der Waals surface area (Å²) in [6.45, 7) is 0. The third-order valence-corrected chi connectivity index (χ3v) is 3.43. The molecule has 0 unspecified atom stereocenters. The molecule has 0 aliphatic carbocycles. The molecule has 1 aromatic heterocycles. The first-order chi connectivity index (χ1) is 9.65. The lowest BCUT2D eigenvalue weighted by atomic mass is 10.0. The van der Waals surface area contributed by atoms with Crippen molar-refractivity contribution in [3.8, 4) is 11.1 Å². The van der Waals surface area contributed by atoms with Crippen LogP contribution >= 0.6 is 11.6 Å². The monoisotopic (exact) mass is 285 g/mol. The molecular formula is C15H12ClN3O. The second kappa shape index (κ2) is 4.90. The summed E-state index contributed by atoms with van der Waals surface area (Å²) in [5.74, 6) is 0. The van der Waals surface area contributed by atoms with Gasteiger partial charge in [-0.15, -0.1) is 0 Å². The highest BCUT2D eigenvalue weighted by molar-refractivity contribution is 6.34. The number of urea groups is 1. The average Bonchev–Trinajstić information content (AvgIpc) is 2.86. The van der Waals surface area contributed by atoms with E-state index in [9.17, 15) is 4.79 Å². The van der Waals surface area contributed by atoms with Crippen LogP contribution in [-0.2, 0) is 0 Å². The van der Waals surface area contributed by atoms with Gasteiger partial charge in [0.25, 0.3) is 0 Å². The van der Waals surface area contributed by atoms with Gasteiger partial charge in [-0.25, -0.2) is 4.79 Å². The standard InChI is InChI=1S/C15H12ClN3O/c16-13-8-9(19-15(17)20)4-5-11(13)10-2-1-3-14-12(10)6-7-18-14/h1-8,18H,(H3,17,19,20). The van der Waals surface area contributed by atoms with Gasteiger partial charge in [-0.05, 0) is 29.8 Å². The number of fused-ring (bicyclic) bond motifs is 1. The van der Waals surface area contributed by atoms with Gasteiger partial charge in [0.15, 0.2) is 0 Å². The highest BCUT2D eigenvalue weighted by Gasteiger charge is 2.09. The van der Waals surface area contributed by atoms with Crippen LogP contribution in [0, 0.1) is 0 Å². The van der Waals surface area contributed by atoms with Gasteiger partial charge in [0.2, 0.25) is 0 Å². The summed E-state index contributed by atoms with van der Waals surface area (Å²) in [6.07, 6.45) is 1.89. The lowest BCUT2D eigenvalue weighted by molar-refractivity contribution is 0.259. The number of aromatic nitrogens is 1. The minimum atomic E-state index is -0.610. The largest absolute Gasteiger partial charge is 0.361 e. The Hall–Kier alpha value is -2.46. The minimum Gasteiger partial charge on any atom is -0.361 e. The Balaban J connectivity index is 2.10. The lowest BCUT2D eigenvalue weighted by Gasteiger charge is -2.09. The van der Waals surface area contributed by atoms with Crippen molar-refractivity contribution in [1.82, 2.24) is 4.98 Å². The molecule has 5 heteroatoms. The Labute approximate surface area is 120 Å². The molecule has 0 radical (unpaired) electrons. The van der Waals surface area contributed by atoms with E-state index in [4.69, 9.17) is 17.3 Å². The van der Waals surface area contributed by atoms with E-state index in [1.54, 1.807) is 12.1 Å². The number of carbonyl (C=O) groups excluding carboxylic acids is 1. The number of primary amides is 1. The van der Waals surface area contributed by atoms with Crippen LogP contribution in [0.3, 0.4) is 0 Å². The fraction of sp³-hybridized carbons (Fsp3) is 0. The number of anilines is 1. The molecule has 1 heterocycles. The summed E-state index contributed by atoms with van der Waals surface area (Å²) < 4.78 is 0. The molecule has 3 rings (SSSR count). The van der Waals surface area contributed by atoms with E-state index >= 15 is 0 Å². The number of carbonyl (C=O) groups is 1. The van der Waals surface area contributed by atoms with Crippen molar-refractivity contribution in [3.63, 3.8) is 0 Å². The van der Waals surface area contributed by atoms with Crippen LogP contribution in [0.15, 0.2) is 48.7 Å². The van der Waals surface area contributed by atoms with Crippen LogP contribution in [0.5, 0.6) is 0 Å². The number of hydrogen-bond acceptors (Lipinski definition) is 1. The average molecular weight is 286 g/mol. The van der Waals surface area contributed by atoms with E-state index in [1.807, 2.05) is 36.5 Å². The van der Waals surface area contributed by atoms with E-state index < -0.39 is 6.03 Å². The van der Waals surface area contributed by atoms with Gasteiger partial charge in [0.1, 0.15) is 0 Å². The van der Waals surface area contributed by atoms with Gasteiger partial charge in [-0.2, -0.15) is 0 Å². The van der Waals surface area contributed by atoms with E-state index in [0.29, 0.717) is 10.7 Å². The molecule has 0 saturated carbocycles. The van der Waals surface area contributed by atoms with Gasteiger partial charge in [0.05, 0.1) is 5.02 Å². The number of aromatic amines is 1. The van der Waals surface area contributed by atoms with Crippen molar-refractivity contribution in [3.05, 3.63) is 53.7 Å². The van der Waals surface area contributed by atoms with Gasteiger partial charge in [0, 0.05) is 28.4 Å². The van der Waals surface area contributed by atoms with Crippen LogP contribution in [-0.4, -0.2) is 11.0 Å². The van der Waals surface area contributed by atoms with Crippen molar-refractivity contribution >= 4 is 34.2 Å². The van der Waals surface area contributed by atoms with Crippen molar-refractivity contribution in [2.75, 3.05) is 5.32 Å². The molecule has 0 aliphatic heterocycles. The summed E-state index contributed by atoms with van der Waals surface area (Å²) in [5, 5.41) is 4.17.